The molecule has 0 amide bonds. The van der Waals surface area contributed by atoms with Gasteiger partial charge in [-0.3, -0.25) is 9.36 Å². The van der Waals surface area contributed by atoms with Crippen molar-refractivity contribution in [2.24, 2.45) is 5.92 Å². The molecule has 0 saturated carbocycles. The number of aryl methyl sites for hydroxylation is 2. The zero-order chi connectivity index (χ0) is 27.3. The number of allylic oxidation sites excluding steroid dienone is 1. The number of alkyl halides is 2. The molecule has 0 heterocycles. The first-order valence-corrected chi connectivity index (χ1v) is 13.9. The third-order valence-corrected chi connectivity index (χ3v) is 8.79. The molecule has 0 aliphatic carbocycles. The smallest absolute Gasteiger partial charge is 0.329 e. The number of esters is 1. The van der Waals surface area contributed by atoms with E-state index >= 15 is 0 Å². The molecule has 198 valence electrons. The van der Waals surface area contributed by atoms with Gasteiger partial charge in [0.1, 0.15) is 11.5 Å². The van der Waals surface area contributed by atoms with Gasteiger partial charge >= 0.3 is 19.0 Å². The number of rotatable bonds is 12. The van der Waals surface area contributed by atoms with Crippen LogP contribution < -0.4 is 4.52 Å². The third-order valence-electron chi connectivity index (χ3n) is 6.08. The summed E-state index contributed by atoms with van der Waals surface area (Å²) in [6.45, 7) is 11.6. The molecular weight excluding hydrogens is 485 g/mol. The quantitative estimate of drug-likeness (QED) is 0.173. The average molecular weight is 523 g/mol. The number of ether oxygens (including phenoxy) is 1. The Morgan fingerprint density at radius 3 is 2.44 bits per heavy atom. The second kappa shape index (κ2) is 12.1. The summed E-state index contributed by atoms with van der Waals surface area (Å²) >= 11 is 0. The highest BCUT2D eigenvalue weighted by molar-refractivity contribution is 7.60. The Balaban J connectivity index is 2.76. The van der Waals surface area contributed by atoms with Gasteiger partial charge in [0.05, 0.1) is 24.8 Å². The van der Waals surface area contributed by atoms with Crippen LogP contribution in [0.5, 0.6) is 11.5 Å². The molecule has 1 unspecified atom stereocenters. The van der Waals surface area contributed by atoms with Crippen molar-refractivity contribution in [1.29, 1.82) is 0 Å². The Hall–Kier alpha value is -2.66. The fraction of sp³-hybridized carbons (Fsp3) is 0.464. The monoisotopic (exact) mass is 522 g/mol. The number of carbonyl (C=O) groups is 1. The summed E-state index contributed by atoms with van der Waals surface area (Å²) in [6.07, 6.45) is 2.65. The van der Waals surface area contributed by atoms with Gasteiger partial charge in [0.25, 0.3) is 0 Å². The van der Waals surface area contributed by atoms with Crippen molar-refractivity contribution in [2.75, 3.05) is 13.3 Å². The molecule has 36 heavy (non-hydrogen) atoms. The van der Waals surface area contributed by atoms with Gasteiger partial charge in [-0.05, 0) is 55.5 Å². The van der Waals surface area contributed by atoms with E-state index < -0.39 is 31.1 Å². The SMILES string of the molecule is C=C(C)c1ccc(C)cc1-c1c(O)cc(CCCCC)cc1OP(=O)(C[C@@H](C)C(=O)OC)C(C)(F)F. The van der Waals surface area contributed by atoms with Crippen molar-refractivity contribution in [3.8, 4) is 22.6 Å². The molecule has 2 atom stereocenters. The second-order valence-corrected chi connectivity index (χ2v) is 12.2. The maximum absolute atomic E-state index is 14.8. The van der Waals surface area contributed by atoms with Crippen LogP contribution in [0.2, 0.25) is 0 Å². The van der Waals surface area contributed by atoms with Crippen LogP contribution >= 0.6 is 7.37 Å². The number of phenols is 1. The topological polar surface area (TPSA) is 72.8 Å². The average Bonchev–Trinajstić information content (AvgIpc) is 2.77. The number of benzene rings is 2. The van der Waals surface area contributed by atoms with E-state index in [-0.39, 0.29) is 17.1 Å². The molecule has 0 spiro atoms. The van der Waals surface area contributed by atoms with Gasteiger partial charge in [0.2, 0.25) is 0 Å². The highest BCUT2D eigenvalue weighted by Crippen LogP contribution is 2.63. The molecule has 0 aromatic heterocycles. The number of hydrogen-bond acceptors (Lipinski definition) is 5. The van der Waals surface area contributed by atoms with Gasteiger partial charge in [-0.25, -0.2) is 0 Å². The van der Waals surface area contributed by atoms with E-state index in [1.165, 1.54) is 6.92 Å². The molecule has 0 radical (unpaired) electrons. The minimum Gasteiger partial charge on any atom is -0.507 e. The lowest BCUT2D eigenvalue weighted by molar-refractivity contribution is -0.144. The van der Waals surface area contributed by atoms with Crippen LogP contribution in [0.25, 0.3) is 16.7 Å². The highest BCUT2D eigenvalue weighted by atomic mass is 31.2. The van der Waals surface area contributed by atoms with E-state index in [9.17, 15) is 23.2 Å². The van der Waals surface area contributed by atoms with Crippen LogP contribution in [-0.2, 0) is 20.5 Å². The minimum atomic E-state index is -4.79. The molecule has 8 heteroatoms. The molecule has 0 aliphatic rings. The minimum absolute atomic E-state index is 0.114. The van der Waals surface area contributed by atoms with E-state index in [0.29, 0.717) is 35.6 Å². The zero-order valence-electron chi connectivity index (χ0n) is 22.0. The molecule has 0 aliphatic heterocycles. The number of methoxy groups -OCH3 is 1. The van der Waals surface area contributed by atoms with Gasteiger partial charge < -0.3 is 14.4 Å². The van der Waals surface area contributed by atoms with Gasteiger partial charge in [-0.15, -0.1) is 0 Å². The van der Waals surface area contributed by atoms with Gasteiger partial charge in [-0.1, -0.05) is 62.6 Å². The first-order chi connectivity index (χ1) is 16.7. The van der Waals surface area contributed by atoms with Crippen molar-refractivity contribution < 1.29 is 32.5 Å². The Morgan fingerprint density at radius 1 is 1.22 bits per heavy atom. The lowest BCUT2D eigenvalue weighted by Gasteiger charge is -2.28. The number of unbranched alkanes of at least 4 members (excludes halogenated alkanes) is 2. The van der Waals surface area contributed by atoms with Crippen LogP contribution in [0.3, 0.4) is 0 Å². The van der Waals surface area contributed by atoms with Crippen molar-refractivity contribution in [1.82, 2.24) is 0 Å². The van der Waals surface area contributed by atoms with Crippen LogP contribution in [0.4, 0.5) is 8.78 Å². The summed E-state index contributed by atoms with van der Waals surface area (Å²) in [6, 6.07) is 8.67. The van der Waals surface area contributed by atoms with Crippen molar-refractivity contribution in [3.05, 3.63) is 53.6 Å². The number of halogens is 2. The van der Waals surface area contributed by atoms with E-state index in [0.717, 1.165) is 31.9 Å². The maximum atomic E-state index is 14.8. The fourth-order valence-corrected chi connectivity index (χ4v) is 5.92. The number of phenolic OH excluding ortho intramolecular Hbond substituents is 1. The molecule has 2 rings (SSSR count). The normalized spacial score (nSPS) is 14.1. The standard InChI is InChI=1S/C28H37F2O5P/c1-8-9-10-11-21-15-24(31)26(23-14-19(4)12-13-22(23)18(2)3)25(16-21)35-36(33,28(6,29)30)17-20(5)27(32)34-7/h12-16,20,31H,2,8-11,17H2,1,3-7H3/t20-,36?/m1/s1. The Labute approximate surface area is 213 Å². The predicted molar refractivity (Wildman–Crippen MR) is 141 cm³/mol. The zero-order valence-corrected chi connectivity index (χ0v) is 22.9. The molecule has 0 bridgehead atoms. The Kier molecular flexibility index (Phi) is 9.90. The van der Waals surface area contributed by atoms with Gasteiger partial charge in [0, 0.05) is 6.92 Å². The molecule has 5 nitrogen and oxygen atoms in total. The van der Waals surface area contributed by atoms with E-state index in [4.69, 9.17) is 4.52 Å². The molecule has 0 fully saturated rings. The maximum Gasteiger partial charge on any atom is 0.329 e. The Morgan fingerprint density at radius 2 is 1.89 bits per heavy atom. The van der Waals surface area contributed by atoms with Crippen LogP contribution in [0, 0.1) is 12.8 Å². The van der Waals surface area contributed by atoms with E-state index in [1.807, 2.05) is 19.1 Å². The summed E-state index contributed by atoms with van der Waals surface area (Å²) in [7, 11) is -3.65. The predicted octanol–water partition coefficient (Wildman–Crippen LogP) is 8.21. The van der Waals surface area contributed by atoms with Crippen molar-refractivity contribution in [2.45, 2.75) is 66.0 Å². The number of aromatic hydroxyl groups is 1. The van der Waals surface area contributed by atoms with Crippen LogP contribution in [0.15, 0.2) is 36.9 Å². The van der Waals surface area contributed by atoms with Gasteiger partial charge in [0.15, 0.2) is 0 Å². The van der Waals surface area contributed by atoms with Crippen molar-refractivity contribution in [3.63, 3.8) is 0 Å². The van der Waals surface area contributed by atoms with Crippen LogP contribution in [-0.4, -0.2) is 30.0 Å². The molecule has 1 N–H and O–H groups in total. The summed E-state index contributed by atoms with van der Waals surface area (Å²) < 4.78 is 53.7. The number of carbonyl (C=O) groups excluding carboxylic acids is 1. The summed E-state index contributed by atoms with van der Waals surface area (Å²) in [4.78, 5) is 12.0. The lowest BCUT2D eigenvalue weighted by atomic mass is 9.91. The Bertz CT molecular complexity index is 1150. The van der Waals surface area contributed by atoms with Crippen LogP contribution in [0.1, 0.15) is 63.6 Å². The van der Waals surface area contributed by atoms with Gasteiger partial charge in [-0.2, -0.15) is 8.78 Å². The fourth-order valence-electron chi connectivity index (χ4n) is 4.03. The first kappa shape index (κ1) is 29.6. The number of hydrogen-bond donors (Lipinski definition) is 1. The van der Waals surface area contributed by atoms with Crippen molar-refractivity contribution >= 4 is 18.9 Å². The van der Waals surface area contributed by atoms with E-state index in [2.05, 4.69) is 18.2 Å². The molecule has 2 aromatic rings. The molecule has 0 saturated heterocycles. The highest BCUT2D eigenvalue weighted by Gasteiger charge is 2.50. The lowest BCUT2D eigenvalue weighted by Crippen LogP contribution is -2.25. The van der Waals surface area contributed by atoms with E-state index in [1.54, 1.807) is 25.1 Å². The summed E-state index contributed by atoms with van der Waals surface area (Å²) in [5, 5.41) is 11.1. The summed E-state index contributed by atoms with van der Waals surface area (Å²) in [5.41, 5.74) is -0.115. The third kappa shape index (κ3) is 6.97. The largest absolute Gasteiger partial charge is 0.507 e. The second-order valence-electron chi connectivity index (χ2n) is 9.49. The molecular formula is C28H37F2O5P. The molecule has 2 aromatic carbocycles. The summed E-state index contributed by atoms with van der Waals surface area (Å²) in [5.74, 6) is -2.13. The first-order valence-electron chi connectivity index (χ1n) is 12.1.